The lowest BCUT2D eigenvalue weighted by Crippen LogP contribution is -2.09. The van der Waals surface area contributed by atoms with E-state index in [1.165, 1.54) is 6.08 Å². The van der Waals surface area contributed by atoms with Crippen molar-refractivity contribution in [1.29, 1.82) is 0 Å². The molecule has 0 spiro atoms. The third-order valence-electron chi connectivity index (χ3n) is 5.80. The van der Waals surface area contributed by atoms with Crippen LogP contribution in [-0.2, 0) is 4.79 Å². The van der Waals surface area contributed by atoms with Gasteiger partial charge in [0.1, 0.15) is 17.1 Å². The lowest BCUT2D eigenvalue weighted by Gasteiger charge is -2.11. The highest BCUT2D eigenvalue weighted by molar-refractivity contribution is 6.05. The molecule has 186 valence electrons. The Hall–Kier alpha value is -4.39. The maximum absolute atomic E-state index is 12.8. The number of furan rings is 1. The summed E-state index contributed by atoms with van der Waals surface area (Å²) in [4.78, 5) is 12.8. The molecule has 4 aromatic rings. The molecule has 1 aromatic heterocycles. The summed E-state index contributed by atoms with van der Waals surface area (Å²) in [7, 11) is 4.71. The molecule has 0 atom stereocenters. The fourth-order valence-corrected chi connectivity index (χ4v) is 4.02. The summed E-state index contributed by atoms with van der Waals surface area (Å²) >= 11 is 0. The summed E-state index contributed by atoms with van der Waals surface area (Å²) in [5.41, 5.74) is 4.77. The molecule has 0 aliphatic carbocycles. The van der Waals surface area contributed by atoms with Crippen LogP contribution in [0.1, 0.15) is 19.4 Å². The van der Waals surface area contributed by atoms with Crippen molar-refractivity contribution in [2.45, 2.75) is 13.8 Å². The second kappa shape index (κ2) is 10.9. The number of amides is 1. The lowest BCUT2D eigenvalue weighted by molar-refractivity contribution is -0.111. The van der Waals surface area contributed by atoms with Gasteiger partial charge in [0, 0.05) is 40.4 Å². The normalized spacial score (nSPS) is 11.3. The van der Waals surface area contributed by atoms with Gasteiger partial charge in [-0.15, -0.1) is 0 Å². The van der Waals surface area contributed by atoms with Gasteiger partial charge in [-0.05, 0) is 55.3 Å². The minimum Gasteiger partial charge on any atom is -0.496 e. The van der Waals surface area contributed by atoms with Gasteiger partial charge in [-0.25, -0.2) is 0 Å². The SMILES string of the molecule is CCOc1ccc(-c2coc3cc(OC)c(/C(C)=C/C(=O)Nc4ccc(OC)c(OC)c4)cc23)cc1. The summed E-state index contributed by atoms with van der Waals surface area (Å²) in [6.07, 6.45) is 3.27. The first-order valence-corrected chi connectivity index (χ1v) is 11.5. The van der Waals surface area contributed by atoms with E-state index in [0.29, 0.717) is 35.1 Å². The minimum atomic E-state index is -0.277. The molecular weight excluding hydrogens is 458 g/mol. The molecule has 1 amide bonds. The first kappa shape index (κ1) is 24.7. The lowest BCUT2D eigenvalue weighted by atomic mass is 9.99. The van der Waals surface area contributed by atoms with E-state index in [-0.39, 0.29) is 5.91 Å². The van der Waals surface area contributed by atoms with Crippen LogP contribution < -0.4 is 24.3 Å². The van der Waals surface area contributed by atoms with E-state index in [1.807, 2.05) is 50.2 Å². The van der Waals surface area contributed by atoms with Crippen molar-refractivity contribution in [2.75, 3.05) is 33.3 Å². The monoisotopic (exact) mass is 487 g/mol. The Bertz CT molecular complexity index is 1400. The summed E-state index contributed by atoms with van der Waals surface area (Å²) in [5.74, 6) is 2.27. The van der Waals surface area contributed by atoms with Gasteiger partial charge in [0.2, 0.25) is 5.91 Å². The number of fused-ring (bicyclic) bond motifs is 1. The van der Waals surface area contributed by atoms with Crippen LogP contribution in [0.15, 0.2) is 71.4 Å². The average molecular weight is 488 g/mol. The van der Waals surface area contributed by atoms with Gasteiger partial charge in [-0.3, -0.25) is 4.79 Å². The largest absolute Gasteiger partial charge is 0.496 e. The van der Waals surface area contributed by atoms with Crippen LogP contribution in [0.25, 0.3) is 27.7 Å². The van der Waals surface area contributed by atoms with E-state index in [1.54, 1.807) is 45.8 Å². The zero-order valence-electron chi connectivity index (χ0n) is 21.0. The van der Waals surface area contributed by atoms with Crippen molar-refractivity contribution in [3.8, 4) is 34.1 Å². The van der Waals surface area contributed by atoms with Gasteiger partial charge in [0.05, 0.1) is 34.2 Å². The first-order valence-electron chi connectivity index (χ1n) is 11.5. The highest BCUT2D eigenvalue weighted by Gasteiger charge is 2.15. The van der Waals surface area contributed by atoms with Crippen molar-refractivity contribution < 1.29 is 28.2 Å². The highest BCUT2D eigenvalue weighted by atomic mass is 16.5. The molecular formula is C29H29NO6. The number of hydrogen-bond acceptors (Lipinski definition) is 6. The van der Waals surface area contributed by atoms with Gasteiger partial charge >= 0.3 is 0 Å². The molecule has 0 aliphatic rings. The van der Waals surface area contributed by atoms with Crippen LogP contribution in [-0.4, -0.2) is 33.8 Å². The number of ether oxygens (including phenoxy) is 4. The van der Waals surface area contributed by atoms with E-state index in [9.17, 15) is 4.79 Å². The summed E-state index contributed by atoms with van der Waals surface area (Å²) in [6, 6.07) is 16.9. The summed E-state index contributed by atoms with van der Waals surface area (Å²) in [6.45, 7) is 4.44. The van der Waals surface area contributed by atoms with Gasteiger partial charge in [0.25, 0.3) is 0 Å². The number of rotatable bonds is 9. The number of carbonyl (C=O) groups is 1. The predicted molar refractivity (Wildman–Crippen MR) is 141 cm³/mol. The van der Waals surface area contributed by atoms with Crippen LogP contribution in [0.2, 0.25) is 0 Å². The maximum atomic E-state index is 12.8. The van der Waals surface area contributed by atoms with E-state index in [4.69, 9.17) is 23.4 Å². The van der Waals surface area contributed by atoms with Crippen molar-refractivity contribution in [1.82, 2.24) is 0 Å². The van der Waals surface area contributed by atoms with E-state index < -0.39 is 0 Å². The molecule has 7 nitrogen and oxygen atoms in total. The molecule has 0 aliphatic heterocycles. The molecule has 1 heterocycles. The molecule has 7 heteroatoms. The quantitative estimate of drug-likeness (QED) is 0.269. The molecule has 0 bridgehead atoms. The Morgan fingerprint density at radius 2 is 1.64 bits per heavy atom. The number of hydrogen-bond donors (Lipinski definition) is 1. The van der Waals surface area contributed by atoms with Crippen molar-refractivity contribution in [3.05, 3.63) is 72.5 Å². The number of benzene rings is 3. The fourth-order valence-electron chi connectivity index (χ4n) is 4.02. The Labute approximate surface area is 210 Å². The van der Waals surface area contributed by atoms with E-state index in [0.717, 1.165) is 33.4 Å². The second-order valence-electron chi connectivity index (χ2n) is 8.04. The molecule has 0 unspecified atom stereocenters. The van der Waals surface area contributed by atoms with Gasteiger partial charge < -0.3 is 28.7 Å². The molecule has 0 radical (unpaired) electrons. The summed E-state index contributed by atoms with van der Waals surface area (Å²) < 4.78 is 27.6. The molecule has 36 heavy (non-hydrogen) atoms. The molecule has 3 aromatic carbocycles. The van der Waals surface area contributed by atoms with Crippen molar-refractivity contribution in [3.63, 3.8) is 0 Å². The van der Waals surface area contributed by atoms with Gasteiger partial charge in [-0.1, -0.05) is 12.1 Å². The minimum absolute atomic E-state index is 0.277. The first-order chi connectivity index (χ1) is 17.5. The van der Waals surface area contributed by atoms with Crippen LogP contribution in [0.5, 0.6) is 23.0 Å². The number of nitrogens with one attached hydrogen (secondary N) is 1. The Balaban J connectivity index is 1.64. The standard InChI is InChI=1S/C29H29NO6/c1-6-35-21-10-7-19(8-11-21)24-17-36-27-16-26(33-4)22(15-23(24)27)18(2)13-29(31)30-20-9-12-25(32-3)28(14-20)34-5/h7-17H,6H2,1-5H3,(H,30,31)/b18-13+. The third-order valence-corrected chi connectivity index (χ3v) is 5.80. The van der Waals surface area contributed by atoms with Crippen LogP contribution in [0.4, 0.5) is 5.69 Å². The molecule has 0 saturated carbocycles. The number of carbonyl (C=O) groups excluding carboxylic acids is 1. The highest BCUT2D eigenvalue weighted by Crippen LogP contribution is 2.38. The zero-order valence-corrected chi connectivity index (χ0v) is 21.0. The topological polar surface area (TPSA) is 79.2 Å². The number of allylic oxidation sites excluding steroid dienone is 1. The summed E-state index contributed by atoms with van der Waals surface area (Å²) in [5, 5.41) is 3.79. The van der Waals surface area contributed by atoms with Crippen molar-refractivity contribution >= 4 is 28.1 Å². The Morgan fingerprint density at radius 3 is 2.31 bits per heavy atom. The molecule has 0 fully saturated rings. The number of methoxy groups -OCH3 is 3. The average Bonchev–Trinajstić information content (AvgIpc) is 3.31. The van der Waals surface area contributed by atoms with Crippen LogP contribution in [0, 0.1) is 0 Å². The predicted octanol–water partition coefficient (Wildman–Crippen LogP) is 6.57. The third kappa shape index (κ3) is 5.15. The molecule has 0 saturated heterocycles. The van der Waals surface area contributed by atoms with E-state index in [2.05, 4.69) is 5.32 Å². The van der Waals surface area contributed by atoms with Crippen molar-refractivity contribution in [2.24, 2.45) is 0 Å². The fraction of sp³-hybridized carbons (Fsp3) is 0.207. The Kier molecular flexibility index (Phi) is 7.49. The smallest absolute Gasteiger partial charge is 0.248 e. The Morgan fingerprint density at radius 1 is 0.917 bits per heavy atom. The van der Waals surface area contributed by atoms with Crippen LogP contribution in [0.3, 0.4) is 0 Å². The van der Waals surface area contributed by atoms with E-state index >= 15 is 0 Å². The second-order valence-corrected chi connectivity index (χ2v) is 8.04. The molecule has 1 N–H and O–H groups in total. The van der Waals surface area contributed by atoms with Gasteiger partial charge in [0.15, 0.2) is 11.5 Å². The zero-order chi connectivity index (χ0) is 25.7. The number of anilines is 1. The molecule has 4 rings (SSSR count). The van der Waals surface area contributed by atoms with Gasteiger partial charge in [-0.2, -0.15) is 0 Å². The van der Waals surface area contributed by atoms with Crippen LogP contribution >= 0.6 is 0 Å². The maximum Gasteiger partial charge on any atom is 0.248 e.